The van der Waals surface area contributed by atoms with Crippen LogP contribution in [-0.4, -0.2) is 23.8 Å². The molecule has 0 radical (unpaired) electrons. The van der Waals surface area contributed by atoms with Gasteiger partial charge in [-0.05, 0) is 44.4 Å². The second-order valence-corrected chi connectivity index (χ2v) is 5.76. The number of carboxylic acids is 1. The van der Waals surface area contributed by atoms with Crippen LogP contribution in [0.4, 0.5) is 0 Å². The van der Waals surface area contributed by atoms with Crippen molar-refractivity contribution in [3.8, 4) is 0 Å². The zero-order valence-electron chi connectivity index (χ0n) is 10.1. The Kier molecular flexibility index (Phi) is 3.53. The van der Waals surface area contributed by atoms with Gasteiger partial charge in [-0.2, -0.15) is 0 Å². The van der Waals surface area contributed by atoms with Crippen LogP contribution >= 0.6 is 0 Å². The van der Waals surface area contributed by atoms with Gasteiger partial charge in [0.25, 0.3) is 0 Å². The van der Waals surface area contributed by atoms with Crippen LogP contribution in [0.15, 0.2) is 0 Å². The van der Waals surface area contributed by atoms with Gasteiger partial charge in [0.05, 0.1) is 19.1 Å². The maximum absolute atomic E-state index is 10.7. The molecular weight excluding hydrogens is 204 g/mol. The van der Waals surface area contributed by atoms with Gasteiger partial charge in [-0.1, -0.05) is 6.92 Å². The Balaban J connectivity index is 1.69. The first-order valence-corrected chi connectivity index (χ1v) is 6.43. The van der Waals surface area contributed by atoms with E-state index in [1.54, 1.807) is 0 Å². The van der Waals surface area contributed by atoms with Gasteiger partial charge in [-0.25, -0.2) is 0 Å². The summed E-state index contributed by atoms with van der Waals surface area (Å²) in [6.45, 7) is 2.96. The first-order chi connectivity index (χ1) is 7.60. The van der Waals surface area contributed by atoms with E-state index in [0.29, 0.717) is 12.7 Å². The fraction of sp³-hybridized carbons (Fsp3) is 0.923. The summed E-state index contributed by atoms with van der Waals surface area (Å²) in [6.07, 6.45) is 7.57. The predicted molar refractivity (Wildman–Crippen MR) is 61.3 cm³/mol. The summed E-state index contributed by atoms with van der Waals surface area (Å²) < 4.78 is 5.90. The lowest BCUT2D eigenvalue weighted by molar-refractivity contribution is -0.139. The molecule has 2 saturated carbocycles. The maximum Gasteiger partial charge on any atom is 0.303 e. The molecule has 0 saturated heterocycles. The monoisotopic (exact) mass is 226 g/mol. The van der Waals surface area contributed by atoms with Gasteiger partial charge in [-0.15, -0.1) is 0 Å². The molecule has 3 heteroatoms. The maximum atomic E-state index is 10.7. The van der Waals surface area contributed by atoms with Crippen molar-refractivity contribution in [1.29, 1.82) is 0 Å². The fourth-order valence-corrected chi connectivity index (χ4v) is 2.56. The van der Waals surface area contributed by atoms with E-state index >= 15 is 0 Å². The Labute approximate surface area is 97.2 Å². The van der Waals surface area contributed by atoms with E-state index in [2.05, 4.69) is 6.92 Å². The van der Waals surface area contributed by atoms with Crippen LogP contribution in [0.25, 0.3) is 0 Å². The summed E-state index contributed by atoms with van der Waals surface area (Å²) >= 11 is 0. The van der Waals surface area contributed by atoms with Crippen molar-refractivity contribution in [3.63, 3.8) is 0 Å². The first kappa shape index (κ1) is 11.9. The molecule has 2 fully saturated rings. The number of hydrogen-bond donors (Lipinski definition) is 1. The first-order valence-electron chi connectivity index (χ1n) is 6.43. The van der Waals surface area contributed by atoms with Gasteiger partial charge in [0, 0.05) is 5.41 Å². The van der Waals surface area contributed by atoms with E-state index in [1.165, 1.54) is 12.8 Å². The predicted octanol–water partition coefficient (Wildman–Crippen LogP) is 2.84. The van der Waals surface area contributed by atoms with Gasteiger partial charge >= 0.3 is 5.97 Å². The molecule has 3 nitrogen and oxygen atoms in total. The Morgan fingerprint density at radius 3 is 2.44 bits per heavy atom. The zero-order chi connectivity index (χ0) is 11.6. The standard InChI is InChI=1S/C13H22O3/c1-10-2-4-11(5-3-10)16-9-13(6-7-13)8-12(14)15/h10-11H,2-9H2,1H3,(H,14,15). The number of hydrogen-bond acceptors (Lipinski definition) is 2. The largest absolute Gasteiger partial charge is 0.481 e. The third-order valence-corrected chi connectivity index (χ3v) is 4.07. The molecule has 2 rings (SSSR count). The topological polar surface area (TPSA) is 46.5 Å². The highest BCUT2D eigenvalue weighted by Crippen LogP contribution is 2.49. The van der Waals surface area contributed by atoms with Crippen molar-refractivity contribution in [2.75, 3.05) is 6.61 Å². The van der Waals surface area contributed by atoms with Crippen molar-refractivity contribution >= 4 is 5.97 Å². The highest BCUT2D eigenvalue weighted by molar-refractivity contribution is 5.68. The number of rotatable bonds is 5. The molecule has 16 heavy (non-hydrogen) atoms. The normalized spacial score (nSPS) is 32.3. The van der Waals surface area contributed by atoms with Crippen LogP contribution in [0, 0.1) is 11.3 Å². The summed E-state index contributed by atoms with van der Waals surface area (Å²) in [4.78, 5) is 10.7. The molecule has 0 bridgehead atoms. The molecule has 0 aliphatic heterocycles. The van der Waals surface area contributed by atoms with Crippen LogP contribution in [0.5, 0.6) is 0 Å². The van der Waals surface area contributed by atoms with Gasteiger partial charge < -0.3 is 9.84 Å². The summed E-state index contributed by atoms with van der Waals surface area (Å²) in [5.74, 6) is 0.159. The van der Waals surface area contributed by atoms with Gasteiger partial charge in [-0.3, -0.25) is 4.79 Å². The molecule has 0 aromatic heterocycles. The van der Waals surface area contributed by atoms with Crippen molar-refractivity contribution < 1.29 is 14.6 Å². The summed E-state index contributed by atoms with van der Waals surface area (Å²) in [6, 6.07) is 0. The van der Waals surface area contributed by atoms with Crippen LogP contribution in [0.1, 0.15) is 51.9 Å². The number of carboxylic acid groups (broad SMARTS) is 1. The Morgan fingerprint density at radius 1 is 1.31 bits per heavy atom. The van der Waals surface area contributed by atoms with Crippen molar-refractivity contribution in [3.05, 3.63) is 0 Å². The second-order valence-electron chi connectivity index (χ2n) is 5.76. The lowest BCUT2D eigenvalue weighted by atomic mass is 9.89. The van der Waals surface area contributed by atoms with Gasteiger partial charge in [0.15, 0.2) is 0 Å². The average Bonchev–Trinajstić information content (AvgIpc) is 2.97. The Morgan fingerprint density at radius 2 is 1.94 bits per heavy atom. The molecule has 0 aromatic carbocycles. The number of ether oxygens (including phenoxy) is 1. The van der Waals surface area contributed by atoms with Crippen LogP contribution in [0.2, 0.25) is 0 Å². The van der Waals surface area contributed by atoms with Crippen LogP contribution in [0.3, 0.4) is 0 Å². The zero-order valence-corrected chi connectivity index (χ0v) is 10.1. The Hall–Kier alpha value is -0.570. The van der Waals surface area contributed by atoms with Crippen molar-refractivity contribution in [2.24, 2.45) is 11.3 Å². The second kappa shape index (κ2) is 4.74. The molecule has 0 spiro atoms. The van der Waals surface area contributed by atoms with Gasteiger partial charge in [0.1, 0.15) is 0 Å². The third kappa shape index (κ3) is 3.21. The van der Waals surface area contributed by atoms with E-state index in [0.717, 1.165) is 31.6 Å². The molecule has 0 atom stereocenters. The third-order valence-electron chi connectivity index (χ3n) is 4.07. The summed E-state index contributed by atoms with van der Waals surface area (Å²) in [5.41, 5.74) is -0.00506. The minimum absolute atomic E-state index is 0.00506. The van der Waals surface area contributed by atoms with Crippen LogP contribution in [-0.2, 0) is 9.53 Å². The van der Waals surface area contributed by atoms with E-state index in [9.17, 15) is 4.79 Å². The van der Waals surface area contributed by atoms with E-state index in [4.69, 9.17) is 9.84 Å². The Bertz CT molecular complexity index is 250. The molecule has 92 valence electrons. The van der Waals surface area contributed by atoms with Crippen molar-refractivity contribution in [2.45, 2.75) is 58.0 Å². The highest BCUT2D eigenvalue weighted by atomic mass is 16.5. The molecule has 2 aliphatic rings. The molecule has 1 N–H and O–H groups in total. The minimum Gasteiger partial charge on any atom is -0.481 e. The number of aliphatic carboxylic acids is 1. The molecule has 0 aromatic rings. The SMILES string of the molecule is CC1CCC(OCC2(CC(=O)O)CC2)CC1. The fourth-order valence-electron chi connectivity index (χ4n) is 2.56. The van der Waals surface area contributed by atoms with Crippen molar-refractivity contribution in [1.82, 2.24) is 0 Å². The average molecular weight is 226 g/mol. The molecule has 2 aliphatic carbocycles. The van der Waals surface area contributed by atoms with E-state index in [-0.39, 0.29) is 11.8 Å². The molecule has 0 unspecified atom stereocenters. The van der Waals surface area contributed by atoms with Crippen LogP contribution < -0.4 is 0 Å². The summed E-state index contributed by atoms with van der Waals surface area (Å²) in [5, 5.41) is 8.81. The van der Waals surface area contributed by atoms with Gasteiger partial charge in [0.2, 0.25) is 0 Å². The van der Waals surface area contributed by atoms with E-state index < -0.39 is 5.97 Å². The lowest BCUT2D eigenvalue weighted by Gasteiger charge is -2.27. The molecule has 0 amide bonds. The molecule has 0 heterocycles. The van der Waals surface area contributed by atoms with E-state index in [1.807, 2.05) is 0 Å². The summed E-state index contributed by atoms with van der Waals surface area (Å²) in [7, 11) is 0. The highest BCUT2D eigenvalue weighted by Gasteiger charge is 2.45. The number of carbonyl (C=O) groups is 1. The quantitative estimate of drug-likeness (QED) is 0.784. The molecular formula is C13H22O3. The lowest BCUT2D eigenvalue weighted by Crippen LogP contribution is -2.25. The smallest absolute Gasteiger partial charge is 0.303 e. The minimum atomic E-state index is -0.682.